The second-order valence-electron chi connectivity index (χ2n) is 8.04. The average molecular weight is 381 g/mol. The normalized spacial score (nSPS) is 22.3. The number of hydrogen-bond donors (Lipinski definition) is 3. The van der Waals surface area contributed by atoms with Crippen molar-refractivity contribution in [2.24, 2.45) is 5.92 Å². The molecule has 0 atom stereocenters. The number of anilines is 1. The second-order valence-corrected chi connectivity index (χ2v) is 8.04. The number of aromatic amines is 1. The summed E-state index contributed by atoms with van der Waals surface area (Å²) in [5, 5.41) is 13.3. The van der Waals surface area contributed by atoms with Gasteiger partial charge in [-0.15, -0.1) is 0 Å². The Morgan fingerprint density at radius 3 is 2.68 bits per heavy atom. The number of rotatable bonds is 5. The van der Waals surface area contributed by atoms with Crippen molar-refractivity contribution in [1.29, 1.82) is 0 Å². The van der Waals surface area contributed by atoms with E-state index in [0.29, 0.717) is 17.4 Å². The number of aromatic nitrogens is 3. The summed E-state index contributed by atoms with van der Waals surface area (Å²) in [4.78, 5) is 28.9. The van der Waals surface area contributed by atoms with Crippen LogP contribution in [0.3, 0.4) is 0 Å². The van der Waals surface area contributed by atoms with Crippen LogP contribution < -0.4 is 10.6 Å². The topological polar surface area (TPSA) is 99.8 Å². The van der Waals surface area contributed by atoms with E-state index in [0.717, 1.165) is 49.9 Å². The zero-order valence-corrected chi connectivity index (χ0v) is 16.2. The zero-order valence-electron chi connectivity index (χ0n) is 16.2. The number of H-pyrrole nitrogens is 1. The summed E-state index contributed by atoms with van der Waals surface area (Å²) in [6, 6.07) is 7.51. The third-order valence-corrected chi connectivity index (χ3v) is 5.86. The maximum atomic E-state index is 12.3. The molecule has 0 aromatic carbocycles. The fourth-order valence-electron chi connectivity index (χ4n) is 4.12. The van der Waals surface area contributed by atoms with Crippen LogP contribution in [0.4, 0.5) is 5.82 Å². The van der Waals surface area contributed by atoms with Gasteiger partial charge in [0.2, 0.25) is 5.91 Å². The Morgan fingerprint density at radius 2 is 1.93 bits per heavy atom. The molecule has 2 amide bonds. The lowest BCUT2D eigenvalue weighted by atomic mass is 9.78. The molecule has 0 radical (unpaired) electrons. The summed E-state index contributed by atoms with van der Waals surface area (Å²) < 4.78 is 0. The molecule has 0 unspecified atom stereocenters. The Labute approximate surface area is 164 Å². The quantitative estimate of drug-likeness (QED) is 0.740. The number of nitrogens with zero attached hydrogens (tertiary/aromatic N) is 2. The van der Waals surface area contributed by atoms with Gasteiger partial charge < -0.3 is 10.6 Å². The molecule has 2 aromatic heterocycles. The standard InChI is InChI=1S/C21H27N5O2/c1-13-6-5-9-17(22-13)21(28)23-16-10-15(11-16)18-12-19(26-25-18)24-20(27)14-7-3-2-4-8-14/h5-6,9,12,14-16H,2-4,7-8,10-11H2,1H3,(H,23,28)(H2,24,25,26,27). The highest BCUT2D eigenvalue weighted by Crippen LogP contribution is 2.36. The van der Waals surface area contributed by atoms with Crippen LogP contribution in [0.25, 0.3) is 0 Å². The third-order valence-electron chi connectivity index (χ3n) is 5.86. The lowest BCUT2D eigenvalue weighted by Crippen LogP contribution is -2.43. The van der Waals surface area contributed by atoms with Gasteiger partial charge in [0, 0.05) is 35.3 Å². The minimum absolute atomic E-state index is 0.0853. The van der Waals surface area contributed by atoms with Crippen LogP contribution in [0.1, 0.15) is 72.7 Å². The first kappa shape index (κ1) is 18.7. The molecule has 148 valence electrons. The molecule has 0 aliphatic heterocycles. The van der Waals surface area contributed by atoms with Crippen molar-refractivity contribution in [3.63, 3.8) is 0 Å². The minimum atomic E-state index is -0.128. The second kappa shape index (κ2) is 8.12. The van der Waals surface area contributed by atoms with Crippen LogP contribution in [0.2, 0.25) is 0 Å². The first-order valence-corrected chi connectivity index (χ1v) is 10.2. The van der Waals surface area contributed by atoms with Crippen molar-refractivity contribution in [2.45, 2.75) is 63.8 Å². The smallest absolute Gasteiger partial charge is 0.270 e. The molecular formula is C21H27N5O2. The molecule has 0 spiro atoms. The van der Waals surface area contributed by atoms with E-state index in [2.05, 4.69) is 25.8 Å². The van der Waals surface area contributed by atoms with Crippen molar-refractivity contribution in [1.82, 2.24) is 20.5 Å². The van der Waals surface area contributed by atoms with Gasteiger partial charge in [-0.3, -0.25) is 14.7 Å². The van der Waals surface area contributed by atoms with Crippen LogP contribution in [-0.4, -0.2) is 33.0 Å². The largest absolute Gasteiger partial charge is 0.348 e. The first-order valence-electron chi connectivity index (χ1n) is 10.2. The number of amides is 2. The Kier molecular flexibility index (Phi) is 5.41. The van der Waals surface area contributed by atoms with E-state index in [-0.39, 0.29) is 23.8 Å². The van der Waals surface area contributed by atoms with Gasteiger partial charge in [-0.1, -0.05) is 25.3 Å². The first-order chi connectivity index (χ1) is 13.6. The van der Waals surface area contributed by atoms with Gasteiger partial charge >= 0.3 is 0 Å². The molecule has 2 heterocycles. The van der Waals surface area contributed by atoms with Crippen molar-refractivity contribution in [3.8, 4) is 0 Å². The molecule has 28 heavy (non-hydrogen) atoms. The molecule has 2 aromatic rings. The molecule has 7 nitrogen and oxygen atoms in total. The number of carbonyl (C=O) groups is 2. The highest BCUT2D eigenvalue weighted by Gasteiger charge is 2.33. The van der Waals surface area contributed by atoms with E-state index in [9.17, 15) is 9.59 Å². The highest BCUT2D eigenvalue weighted by atomic mass is 16.2. The van der Waals surface area contributed by atoms with Gasteiger partial charge in [-0.25, -0.2) is 4.98 Å². The maximum absolute atomic E-state index is 12.3. The molecule has 3 N–H and O–H groups in total. The van der Waals surface area contributed by atoms with Gasteiger partial charge in [0.1, 0.15) is 5.69 Å². The number of pyridine rings is 1. The summed E-state index contributed by atoms with van der Waals surface area (Å²) in [7, 11) is 0. The van der Waals surface area contributed by atoms with E-state index >= 15 is 0 Å². The number of carbonyl (C=O) groups excluding carboxylic acids is 2. The van der Waals surface area contributed by atoms with E-state index in [1.165, 1.54) is 6.42 Å². The molecule has 2 aliphatic carbocycles. The van der Waals surface area contributed by atoms with Crippen molar-refractivity contribution in [2.75, 3.05) is 5.32 Å². The summed E-state index contributed by atoms with van der Waals surface area (Å²) in [5.41, 5.74) is 2.30. The van der Waals surface area contributed by atoms with Gasteiger partial charge in [0.05, 0.1) is 0 Å². The Morgan fingerprint density at radius 1 is 1.14 bits per heavy atom. The predicted octanol–water partition coefficient (Wildman–Crippen LogP) is 3.31. The van der Waals surface area contributed by atoms with E-state index < -0.39 is 0 Å². The van der Waals surface area contributed by atoms with E-state index in [4.69, 9.17) is 0 Å². The molecule has 2 fully saturated rings. The third kappa shape index (κ3) is 4.24. The SMILES string of the molecule is Cc1cccc(C(=O)NC2CC(c3cc(NC(=O)C4CCCCC4)n[nH]3)C2)n1. The zero-order chi connectivity index (χ0) is 19.5. The van der Waals surface area contributed by atoms with Crippen molar-refractivity contribution >= 4 is 17.6 Å². The fraction of sp³-hybridized carbons (Fsp3) is 0.524. The monoisotopic (exact) mass is 381 g/mol. The molecular weight excluding hydrogens is 354 g/mol. The molecule has 4 rings (SSSR count). The molecule has 2 saturated carbocycles. The average Bonchev–Trinajstić information content (AvgIpc) is 3.12. The summed E-state index contributed by atoms with van der Waals surface area (Å²) in [6.45, 7) is 1.87. The fourth-order valence-corrected chi connectivity index (χ4v) is 4.12. The maximum Gasteiger partial charge on any atom is 0.270 e. The van der Waals surface area contributed by atoms with Crippen LogP contribution in [0.5, 0.6) is 0 Å². The molecule has 7 heteroatoms. The van der Waals surface area contributed by atoms with Crippen molar-refractivity contribution < 1.29 is 9.59 Å². The highest BCUT2D eigenvalue weighted by molar-refractivity contribution is 5.92. The van der Waals surface area contributed by atoms with E-state index in [1.54, 1.807) is 6.07 Å². The number of hydrogen-bond acceptors (Lipinski definition) is 4. The predicted molar refractivity (Wildman–Crippen MR) is 106 cm³/mol. The lowest BCUT2D eigenvalue weighted by Gasteiger charge is -2.34. The van der Waals surface area contributed by atoms with E-state index in [1.807, 2.05) is 25.1 Å². The van der Waals surface area contributed by atoms with Gasteiger partial charge in [-0.05, 0) is 44.7 Å². The molecule has 0 saturated heterocycles. The number of nitrogens with one attached hydrogen (secondary N) is 3. The Balaban J connectivity index is 1.26. The van der Waals surface area contributed by atoms with Crippen molar-refractivity contribution in [3.05, 3.63) is 41.3 Å². The van der Waals surface area contributed by atoms with Crippen LogP contribution in [0, 0.1) is 12.8 Å². The molecule has 2 aliphatic rings. The van der Waals surface area contributed by atoms with Gasteiger partial charge in [0.15, 0.2) is 5.82 Å². The molecule has 0 bridgehead atoms. The van der Waals surface area contributed by atoms with Crippen LogP contribution in [0.15, 0.2) is 24.3 Å². The summed E-state index contributed by atoms with van der Waals surface area (Å²) in [6.07, 6.45) is 7.17. The number of aryl methyl sites for hydroxylation is 1. The van der Waals surface area contributed by atoms with Crippen LogP contribution >= 0.6 is 0 Å². The summed E-state index contributed by atoms with van der Waals surface area (Å²) in [5.74, 6) is 0.998. The summed E-state index contributed by atoms with van der Waals surface area (Å²) >= 11 is 0. The minimum Gasteiger partial charge on any atom is -0.348 e. The van der Waals surface area contributed by atoms with Gasteiger partial charge in [-0.2, -0.15) is 5.10 Å². The lowest BCUT2D eigenvalue weighted by molar-refractivity contribution is -0.120. The Hall–Kier alpha value is -2.70. The Bertz CT molecular complexity index is 850. The van der Waals surface area contributed by atoms with Crippen LogP contribution in [-0.2, 0) is 4.79 Å². The van der Waals surface area contributed by atoms with Gasteiger partial charge in [0.25, 0.3) is 5.91 Å².